The van der Waals surface area contributed by atoms with Gasteiger partial charge in [0, 0.05) is 19.3 Å². The van der Waals surface area contributed by atoms with Crippen LogP contribution in [0.1, 0.15) is 316 Å². The van der Waals surface area contributed by atoms with Crippen LogP contribution < -0.4 is 0 Å². The predicted molar refractivity (Wildman–Crippen MR) is 362 cm³/mol. The van der Waals surface area contributed by atoms with Crippen LogP contribution in [0, 0.1) is 0 Å². The molecule has 1 unspecified atom stereocenters. The molecule has 0 spiro atoms. The number of carbonyl (C=O) groups is 3. The van der Waals surface area contributed by atoms with Crippen LogP contribution in [0.25, 0.3) is 0 Å². The van der Waals surface area contributed by atoms with Gasteiger partial charge in [0.1, 0.15) is 13.2 Å². The third-order valence-corrected chi connectivity index (χ3v) is 14.6. The van der Waals surface area contributed by atoms with Crippen molar-refractivity contribution in [3.8, 4) is 0 Å². The van der Waals surface area contributed by atoms with E-state index in [-0.39, 0.29) is 31.1 Å². The van der Waals surface area contributed by atoms with Gasteiger partial charge in [-0.15, -0.1) is 0 Å². The van der Waals surface area contributed by atoms with Crippen molar-refractivity contribution in [2.75, 3.05) is 13.2 Å². The summed E-state index contributed by atoms with van der Waals surface area (Å²) in [5, 5.41) is 0. The summed E-state index contributed by atoms with van der Waals surface area (Å²) in [4.78, 5) is 38.4. The normalized spacial score (nSPS) is 13.0. The topological polar surface area (TPSA) is 78.9 Å². The quantitative estimate of drug-likeness (QED) is 0.0261. The molecule has 0 aliphatic heterocycles. The van der Waals surface area contributed by atoms with Crippen molar-refractivity contribution in [2.45, 2.75) is 322 Å². The van der Waals surface area contributed by atoms with Gasteiger partial charge in [-0.2, -0.15) is 0 Å². The van der Waals surface area contributed by atoms with Gasteiger partial charge in [0.25, 0.3) is 0 Å². The molecule has 0 saturated carbocycles. The lowest BCUT2D eigenvalue weighted by Crippen LogP contribution is -2.30. The predicted octanol–water partition coefficient (Wildman–Crippen LogP) is 24.1. The van der Waals surface area contributed by atoms with E-state index in [0.717, 1.165) is 154 Å². The SMILES string of the molecule is CC/C=C\C/C=C\C/C=C\C/C=C\C/C=C\C/C=C\C/C=C\CCCCCCCCCCCCCCCC(=O)OCC(COC(=O)CCCCCCC/C=C\C/C=C\CCCCC)OC(=O)CCCCCCC/C=C\C/C=C\CCCCC. The molecule has 0 aromatic carbocycles. The molecule has 0 saturated heterocycles. The van der Waals surface area contributed by atoms with Crippen molar-refractivity contribution in [2.24, 2.45) is 0 Å². The molecular formula is C77H128O6. The van der Waals surface area contributed by atoms with E-state index in [9.17, 15) is 14.4 Å². The van der Waals surface area contributed by atoms with Crippen LogP contribution in [0.4, 0.5) is 0 Å². The van der Waals surface area contributed by atoms with Crippen molar-refractivity contribution in [3.05, 3.63) is 134 Å². The van der Waals surface area contributed by atoms with Crippen LogP contribution >= 0.6 is 0 Å². The smallest absolute Gasteiger partial charge is 0.306 e. The van der Waals surface area contributed by atoms with E-state index in [1.807, 2.05) is 0 Å². The van der Waals surface area contributed by atoms with Crippen molar-refractivity contribution in [1.29, 1.82) is 0 Å². The highest BCUT2D eigenvalue weighted by molar-refractivity contribution is 5.71. The average molecular weight is 1150 g/mol. The van der Waals surface area contributed by atoms with Crippen molar-refractivity contribution >= 4 is 17.9 Å². The lowest BCUT2D eigenvalue weighted by atomic mass is 10.0. The summed E-state index contributed by atoms with van der Waals surface area (Å²) in [6.07, 6.45) is 99.0. The third kappa shape index (κ3) is 68.2. The number of rotatable bonds is 62. The van der Waals surface area contributed by atoms with Gasteiger partial charge < -0.3 is 14.2 Å². The first kappa shape index (κ1) is 78.5. The van der Waals surface area contributed by atoms with E-state index in [4.69, 9.17) is 14.2 Å². The summed E-state index contributed by atoms with van der Waals surface area (Å²) in [5.74, 6) is -0.912. The van der Waals surface area contributed by atoms with Gasteiger partial charge in [0.2, 0.25) is 0 Å². The maximum absolute atomic E-state index is 12.9. The fourth-order valence-corrected chi connectivity index (χ4v) is 9.43. The van der Waals surface area contributed by atoms with E-state index < -0.39 is 6.10 Å². The summed E-state index contributed by atoms with van der Waals surface area (Å²) in [5.41, 5.74) is 0. The van der Waals surface area contributed by atoms with Crippen LogP contribution in [0.15, 0.2) is 134 Å². The molecule has 0 aromatic heterocycles. The van der Waals surface area contributed by atoms with Crippen LogP contribution in [0.3, 0.4) is 0 Å². The van der Waals surface area contributed by atoms with E-state index in [2.05, 4.69) is 154 Å². The zero-order chi connectivity index (χ0) is 59.9. The number of esters is 3. The van der Waals surface area contributed by atoms with Crippen LogP contribution in [-0.4, -0.2) is 37.2 Å². The first-order chi connectivity index (χ1) is 41.0. The third-order valence-electron chi connectivity index (χ3n) is 14.6. The van der Waals surface area contributed by atoms with E-state index in [1.165, 1.54) is 122 Å². The highest BCUT2D eigenvalue weighted by atomic mass is 16.6. The summed E-state index contributed by atoms with van der Waals surface area (Å²) < 4.78 is 16.9. The minimum absolute atomic E-state index is 0.0899. The minimum atomic E-state index is -0.795. The molecule has 1 atom stereocenters. The molecule has 83 heavy (non-hydrogen) atoms. The van der Waals surface area contributed by atoms with E-state index in [0.29, 0.717) is 19.3 Å². The Kier molecular flexibility index (Phi) is 66.3. The number of hydrogen-bond donors (Lipinski definition) is 0. The molecular weight excluding hydrogens is 1020 g/mol. The molecule has 6 heteroatoms. The van der Waals surface area contributed by atoms with Crippen LogP contribution in [0.2, 0.25) is 0 Å². The Labute approximate surface area is 513 Å². The van der Waals surface area contributed by atoms with Gasteiger partial charge in [0.05, 0.1) is 0 Å². The zero-order valence-electron chi connectivity index (χ0n) is 54.2. The molecule has 6 nitrogen and oxygen atoms in total. The number of hydrogen-bond acceptors (Lipinski definition) is 6. The molecule has 472 valence electrons. The molecule has 0 aliphatic carbocycles. The number of unbranched alkanes of at least 4 members (excludes halogenated alkanes) is 29. The Morgan fingerprint density at radius 1 is 0.253 bits per heavy atom. The fraction of sp³-hybridized carbons (Fsp3) is 0.675. The number of ether oxygens (including phenoxy) is 3. The maximum Gasteiger partial charge on any atom is 0.306 e. The molecule has 0 amide bonds. The van der Waals surface area contributed by atoms with Gasteiger partial charge in [-0.05, 0) is 141 Å². The summed E-state index contributed by atoms with van der Waals surface area (Å²) in [6.45, 7) is 6.46. The molecule has 0 fully saturated rings. The Bertz CT molecular complexity index is 1750. The minimum Gasteiger partial charge on any atom is -0.462 e. The van der Waals surface area contributed by atoms with Gasteiger partial charge in [-0.25, -0.2) is 0 Å². The zero-order valence-corrected chi connectivity index (χ0v) is 54.2. The van der Waals surface area contributed by atoms with Crippen molar-refractivity contribution in [1.82, 2.24) is 0 Å². The lowest BCUT2D eigenvalue weighted by molar-refractivity contribution is -0.167. The highest BCUT2D eigenvalue weighted by Crippen LogP contribution is 2.16. The molecule has 0 radical (unpaired) electrons. The number of allylic oxidation sites excluding steroid dienone is 22. The Morgan fingerprint density at radius 3 is 0.735 bits per heavy atom. The van der Waals surface area contributed by atoms with Crippen molar-refractivity contribution < 1.29 is 28.6 Å². The molecule has 0 N–H and O–H groups in total. The van der Waals surface area contributed by atoms with E-state index >= 15 is 0 Å². The van der Waals surface area contributed by atoms with Crippen LogP contribution in [-0.2, 0) is 28.6 Å². The number of carbonyl (C=O) groups excluding carboxylic acids is 3. The van der Waals surface area contributed by atoms with Gasteiger partial charge in [-0.1, -0.05) is 289 Å². The van der Waals surface area contributed by atoms with Gasteiger partial charge in [0.15, 0.2) is 6.10 Å². The van der Waals surface area contributed by atoms with Crippen LogP contribution in [0.5, 0.6) is 0 Å². The summed E-state index contributed by atoms with van der Waals surface area (Å²) >= 11 is 0. The molecule has 0 aliphatic rings. The van der Waals surface area contributed by atoms with Gasteiger partial charge in [-0.3, -0.25) is 14.4 Å². The van der Waals surface area contributed by atoms with Crippen molar-refractivity contribution in [3.63, 3.8) is 0 Å². The first-order valence-corrected chi connectivity index (χ1v) is 34.7. The molecule has 0 bridgehead atoms. The fourth-order valence-electron chi connectivity index (χ4n) is 9.43. The standard InChI is InChI=1S/C77H128O6/c1-4-7-10-13-16-19-22-25-28-29-30-31-32-33-34-35-36-37-38-39-40-41-42-43-44-45-46-47-50-52-55-58-61-64-67-70-76(79)82-73-74(83-77(80)71-68-65-62-59-56-53-49-27-24-21-18-15-12-9-6-3)72-81-75(78)69-66-63-60-57-54-51-48-26-23-20-17-14-11-8-5-2/h7,10,16-21,25-28,30-31,33-34,36-37,39-40,48-49,74H,4-6,8-9,11-15,22-24,29,32,35,38,41-47,50-73H2,1-3H3/b10-7-,19-16-,20-17-,21-18-,28-25-,31-30-,34-33-,37-36-,40-39-,48-26-,49-27-. The Balaban J connectivity index is 4.23. The second-order valence-corrected chi connectivity index (χ2v) is 22.7. The van der Waals surface area contributed by atoms with Gasteiger partial charge >= 0.3 is 17.9 Å². The summed E-state index contributed by atoms with van der Waals surface area (Å²) in [7, 11) is 0. The summed E-state index contributed by atoms with van der Waals surface area (Å²) in [6, 6.07) is 0. The average Bonchev–Trinajstić information content (AvgIpc) is 3.49. The molecule has 0 rings (SSSR count). The Morgan fingerprint density at radius 2 is 0.470 bits per heavy atom. The second-order valence-electron chi connectivity index (χ2n) is 22.7. The monoisotopic (exact) mass is 1150 g/mol. The highest BCUT2D eigenvalue weighted by Gasteiger charge is 2.19. The lowest BCUT2D eigenvalue weighted by Gasteiger charge is -2.18. The largest absolute Gasteiger partial charge is 0.462 e. The Hall–Kier alpha value is -4.45. The maximum atomic E-state index is 12.9. The second kappa shape index (κ2) is 70.0. The first-order valence-electron chi connectivity index (χ1n) is 34.7. The van der Waals surface area contributed by atoms with E-state index in [1.54, 1.807) is 0 Å². The molecule has 0 aromatic rings. The molecule has 0 heterocycles.